The predicted octanol–water partition coefficient (Wildman–Crippen LogP) is 3.92. The number of aliphatic hydroxyl groups excluding tert-OH is 1. The number of aromatic nitrogens is 4. The number of hydrogen-bond acceptors (Lipinski definition) is 5. The number of aliphatic hydroxyl groups is 1. The third-order valence-electron chi connectivity index (χ3n) is 3.90. The molecule has 0 spiro atoms. The highest BCUT2D eigenvalue weighted by molar-refractivity contribution is 6.33. The van der Waals surface area contributed by atoms with Gasteiger partial charge in [0, 0.05) is 23.5 Å². The molecule has 4 rings (SSSR count). The van der Waals surface area contributed by atoms with Crippen LogP contribution in [0.3, 0.4) is 0 Å². The first-order chi connectivity index (χ1) is 12.6. The fraction of sp³-hybridized carbons (Fsp3) is 0.0556. The molecule has 3 aromatic heterocycles. The van der Waals surface area contributed by atoms with E-state index in [2.05, 4.69) is 25.3 Å². The van der Waals surface area contributed by atoms with Gasteiger partial charge in [0.05, 0.1) is 22.4 Å². The quantitative estimate of drug-likeness (QED) is 0.475. The van der Waals surface area contributed by atoms with Gasteiger partial charge in [-0.05, 0) is 36.4 Å². The fourth-order valence-corrected chi connectivity index (χ4v) is 2.77. The van der Waals surface area contributed by atoms with Gasteiger partial charge >= 0.3 is 0 Å². The van der Waals surface area contributed by atoms with Crippen LogP contribution in [0, 0.1) is 5.82 Å². The summed E-state index contributed by atoms with van der Waals surface area (Å²) in [5.74, 6) is 0.211. The molecule has 0 bridgehead atoms. The lowest BCUT2D eigenvalue weighted by Gasteiger charge is -2.15. The normalized spacial score (nSPS) is 12.3. The van der Waals surface area contributed by atoms with Crippen LogP contribution in [0.1, 0.15) is 11.8 Å². The van der Waals surface area contributed by atoms with Crippen LogP contribution >= 0.6 is 11.6 Å². The van der Waals surface area contributed by atoms with Gasteiger partial charge in [-0.15, -0.1) is 0 Å². The molecule has 0 aliphatic carbocycles. The van der Waals surface area contributed by atoms with Crippen molar-refractivity contribution in [1.29, 1.82) is 0 Å². The van der Waals surface area contributed by atoms with Gasteiger partial charge < -0.3 is 15.4 Å². The minimum atomic E-state index is -1.05. The third kappa shape index (κ3) is 3.10. The van der Waals surface area contributed by atoms with E-state index in [1.165, 1.54) is 18.3 Å². The van der Waals surface area contributed by atoms with Crippen molar-refractivity contribution in [3.8, 4) is 11.4 Å². The molecule has 130 valence electrons. The molecule has 0 fully saturated rings. The number of aromatic amines is 1. The maximum atomic E-state index is 13.1. The number of rotatable bonds is 4. The lowest BCUT2D eigenvalue weighted by molar-refractivity contribution is 0.209. The number of H-pyrrole nitrogens is 1. The SMILES string of the molecule is OC(Nc1cnccc1Cl)c1ccnc2nc(-c3ccc(F)cc3)[nH]c12. The number of nitrogens with one attached hydrogen (secondary N) is 2. The largest absolute Gasteiger partial charge is 0.369 e. The van der Waals surface area contributed by atoms with E-state index in [0.29, 0.717) is 38.8 Å². The molecule has 1 unspecified atom stereocenters. The van der Waals surface area contributed by atoms with E-state index in [4.69, 9.17) is 11.6 Å². The van der Waals surface area contributed by atoms with Gasteiger partial charge in [-0.25, -0.2) is 14.4 Å². The van der Waals surface area contributed by atoms with Crippen LogP contribution in [0.4, 0.5) is 10.1 Å². The number of benzene rings is 1. The van der Waals surface area contributed by atoms with Crippen LogP contribution in [0.5, 0.6) is 0 Å². The highest BCUT2D eigenvalue weighted by atomic mass is 35.5. The molecular formula is C18H13ClFN5O. The zero-order valence-electron chi connectivity index (χ0n) is 13.3. The van der Waals surface area contributed by atoms with Crippen molar-refractivity contribution < 1.29 is 9.50 Å². The predicted molar refractivity (Wildman–Crippen MR) is 97.1 cm³/mol. The van der Waals surface area contributed by atoms with E-state index in [1.807, 2.05) is 0 Å². The lowest BCUT2D eigenvalue weighted by atomic mass is 10.2. The molecule has 26 heavy (non-hydrogen) atoms. The number of halogens is 2. The van der Waals surface area contributed by atoms with E-state index in [1.54, 1.807) is 36.7 Å². The van der Waals surface area contributed by atoms with Crippen molar-refractivity contribution in [2.45, 2.75) is 6.23 Å². The Balaban J connectivity index is 1.71. The van der Waals surface area contributed by atoms with E-state index in [9.17, 15) is 9.50 Å². The Labute approximate surface area is 152 Å². The summed E-state index contributed by atoms with van der Waals surface area (Å²) in [6.45, 7) is 0. The zero-order chi connectivity index (χ0) is 18.1. The summed E-state index contributed by atoms with van der Waals surface area (Å²) in [6, 6.07) is 9.27. The Hall–Kier alpha value is -3.03. The Morgan fingerprint density at radius 3 is 2.69 bits per heavy atom. The van der Waals surface area contributed by atoms with Gasteiger partial charge in [0.1, 0.15) is 11.6 Å². The van der Waals surface area contributed by atoms with Gasteiger partial charge in [0.2, 0.25) is 0 Å². The minimum absolute atomic E-state index is 0.323. The summed E-state index contributed by atoms with van der Waals surface area (Å²) >= 11 is 6.09. The first-order valence-electron chi connectivity index (χ1n) is 7.76. The molecule has 1 atom stereocenters. The van der Waals surface area contributed by atoms with E-state index in [0.717, 1.165) is 0 Å². The van der Waals surface area contributed by atoms with Crippen LogP contribution in [-0.2, 0) is 0 Å². The number of anilines is 1. The monoisotopic (exact) mass is 369 g/mol. The summed E-state index contributed by atoms with van der Waals surface area (Å²) < 4.78 is 13.1. The third-order valence-corrected chi connectivity index (χ3v) is 4.23. The molecule has 0 aliphatic heterocycles. The standard InChI is InChI=1S/C18H13ClFN5O/c19-13-6-7-21-9-14(13)23-18(26)12-5-8-22-17-15(12)24-16(25-17)10-1-3-11(20)4-2-10/h1-9,18,23,26H,(H,22,24,25). The Kier molecular flexibility index (Phi) is 4.24. The zero-order valence-corrected chi connectivity index (χ0v) is 14.1. The summed E-state index contributed by atoms with van der Waals surface area (Å²) in [5.41, 5.74) is 2.79. The van der Waals surface area contributed by atoms with E-state index in [-0.39, 0.29) is 5.82 Å². The molecular weight excluding hydrogens is 357 g/mol. The maximum Gasteiger partial charge on any atom is 0.178 e. The summed E-state index contributed by atoms with van der Waals surface area (Å²) in [4.78, 5) is 15.8. The molecule has 0 amide bonds. The summed E-state index contributed by atoms with van der Waals surface area (Å²) in [7, 11) is 0. The highest BCUT2D eigenvalue weighted by Gasteiger charge is 2.16. The fourth-order valence-electron chi connectivity index (χ4n) is 2.61. The molecule has 0 aliphatic rings. The Bertz CT molecular complexity index is 1070. The lowest BCUT2D eigenvalue weighted by Crippen LogP contribution is -2.11. The van der Waals surface area contributed by atoms with Crippen LogP contribution < -0.4 is 5.32 Å². The molecule has 1 aromatic carbocycles. The minimum Gasteiger partial charge on any atom is -0.369 e. The van der Waals surface area contributed by atoms with Crippen molar-refractivity contribution in [1.82, 2.24) is 19.9 Å². The first kappa shape index (κ1) is 16.4. The number of fused-ring (bicyclic) bond motifs is 1. The maximum absolute atomic E-state index is 13.1. The number of hydrogen-bond donors (Lipinski definition) is 3. The van der Waals surface area contributed by atoms with E-state index < -0.39 is 6.23 Å². The average Bonchev–Trinajstić information content (AvgIpc) is 3.08. The highest BCUT2D eigenvalue weighted by Crippen LogP contribution is 2.28. The molecule has 0 radical (unpaired) electrons. The van der Waals surface area contributed by atoms with Crippen molar-refractivity contribution in [2.75, 3.05) is 5.32 Å². The Morgan fingerprint density at radius 2 is 1.92 bits per heavy atom. The van der Waals surface area contributed by atoms with E-state index >= 15 is 0 Å². The average molecular weight is 370 g/mol. The van der Waals surface area contributed by atoms with Gasteiger partial charge in [0.15, 0.2) is 11.9 Å². The van der Waals surface area contributed by atoms with Gasteiger partial charge in [-0.3, -0.25) is 4.98 Å². The molecule has 6 nitrogen and oxygen atoms in total. The van der Waals surface area contributed by atoms with Crippen molar-refractivity contribution in [2.24, 2.45) is 0 Å². The molecule has 3 N–H and O–H groups in total. The second kappa shape index (κ2) is 6.70. The van der Waals surface area contributed by atoms with Crippen molar-refractivity contribution in [3.63, 3.8) is 0 Å². The van der Waals surface area contributed by atoms with Crippen LogP contribution in [0.15, 0.2) is 55.0 Å². The summed E-state index contributed by atoms with van der Waals surface area (Å²) in [5, 5.41) is 13.9. The van der Waals surface area contributed by atoms with Crippen molar-refractivity contribution >= 4 is 28.5 Å². The molecule has 3 heterocycles. The molecule has 0 saturated heterocycles. The van der Waals surface area contributed by atoms with Gasteiger partial charge in [0.25, 0.3) is 0 Å². The smallest absolute Gasteiger partial charge is 0.178 e. The van der Waals surface area contributed by atoms with Crippen LogP contribution in [-0.4, -0.2) is 25.0 Å². The molecule has 0 saturated carbocycles. The topological polar surface area (TPSA) is 86.7 Å². The number of pyridine rings is 2. The number of nitrogens with zero attached hydrogens (tertiary/aromatic N) is 3. The molecule has 4 aromatic rings. The van der Waals surface area contributed by atoms with Crippen molar-refractivity contribution in [3.05, 3.63) is 71.4 Å². The molecule has 8 heteroatoms. The second-order valence-electron chi connectivity index (χ2n) is 5.59. The second-order valence-corrected chi connectivity index (χ2v) is 6.00. The van der Waals surface area contributed by atoms with Crippen LogP contribution in [0.25, 0.3) is 22.6 Å². The summed E-state index contributed by atoms with van der Waals surface area (Å²) in [6.07, 6.45) is 3.60. The Morgan fingerprint density at radius 1 is 1.12 bits per heavy atom. The van der Waals surface area contributed by atoms with Gasteiger partial charge in [-0.2, -0.15) is 0 Å². The van der Waals surface area contributed by atoms with Gasteiger partial charge in [-0.1, -0.05) is 11.6 Å². The van der Waals surface area contributed by atoms with Crippen LogP contribution in [0.2, 0.25) is 5.02 Å². The first-order valence-corrected chi connectivity index (χ1v) is 8.14. The number of imidazole rings is 1.